The minimum Gasteiger partial charge on any atom is -0.389 e. The fraction of sp³-hybridized carbons (Fsp3) is 0.867. The van der Waals surface area contributed by atoms with Crippen molar-refractivity contribution in [3.63, 3.8) is 0 Å². The van der Waals surface area contributed by atoms with E-state index in [0.717, 1.165) is 32.2 Å². The maximum atomic E-state index is 12.4. The average molecular weight is 298 g/mol. The van der Waals surface area contributed by atoms with Crippen LogP contribution in [0.1, 0.15) is 25.7 Å². The number of rotatable bonds is 6. The molecule has 2 amide bonds. The van der Waals surface area contributed by atoms with Gasteiger partial charge in [-0.15, -0.1) is 0 Å². The van der Waals surface area contributed by atoms with Crippen molar-refractivity contribution in [2.75, 3.05) is 40.4 Å². The Balaban J connectivity index is 1.84. The van der Waals surface area contributed by atoms with Gasteiger partial charge in [0, 0.05) is 39.7 Å². The summed E-state index contributed by atoms with van der Waals surface area (Å²) in [5.74, 6) is 0.300. The fourth-order valence-corrected chi connectivity index (χ4v) is 2.93. The van der Waals surface area contributed by atoms with Crippen molar-refractivity contribution < 1.29 is 19.4 Å². The van der Waals surface area contributed by atoms with Gasteiger partial charge in [0.1, 0.15) is 0 Å². The third-order valence-corrected chi connectivity index (χ3v) is 4.23. The van der Waals surface area contributed by atoms with Crippen LogP contribution in [0, 0.1) is 11.8 Å². The summed E-state index contributed by atoms with van der Waals surface area (Å²) in [6.45, 7) is 1.78. The van der Waals surface area contributed by atoms with Crippen LogP contribution in [0.2, 0.25) is 0 Å². The van der Waals surface area contributed by atoms with E-state index in [1.807, 2.05) is 4.90 Å². The van der Waals surface area contributed by atoms with Crippen LogP contribution in [0.4, 0.5) is 0 Å². The summed E-state index contributed by atoms with van der Waals surface area (Å²) < 4.78 is 4.87. The number of nitrogens with zero attached hydrogens (tertiary/aromatic N) is 2. The monoisotopic (exact) mass is 298 g/mol. The Kier molecular flexibility index (Phi) is 5.58. The molecule has 1 saturated heterocycles. The maximum absolute atomic E-state index is 12.4. The van der Waals surface area contributed by atoms with Crippen LogP contribution in [-0.2, 0) is 14.3 Å². The summed E-state index contributed by atoms with van der Waals surface area (Å²) >= 11 is 0. The number of carbonyl (C=O) groups is 2. The van der Waals surface area contributed by atoms with Crippen LogP contribution in [0.3, 0.4) is 0 Å². The summed E-state index contributed by atoms with van der Waals surface area (Å²) in [5, 5.41) is 9.70. The Morgan fingerprint density at radius 2 is 2.05 bits per heavy atom. The first-order chi connectivity index (χ1) is 10.0. The molecule has 6 heteroatoms. The standard InChI is InChI=1S/C15H26N2O4/c1-16(9-13(18)10-21-2)14(19)12-4-3-7-17(8-12)15(20)11-5-6-11/h11-13,18H,3-10H2,1-2H3. The predicted octanol–water partition coefficient (Wildman–Crippen LogP) is 0.101. The average Bonchev–Trinajstić information content (AvgIpc) is 3.30. The minimum absolute atomic E-state index is 0.0125. The van der Waals surface area contributed by atoms with E-state index < -0.39 is 6.10 Å². The van der Waals surface area contributed by atoms with E-state index in [1.54, 1.807) is 11.9 Å². The molecule has 2 rings (SSSR count). The van der Waals surface area contributed by atoms with Crippen LogP contribution < -0.4 is 0 Å². The van der Waals surface area contributed by atoms with Gasteiger partial charge in [-0.05, 0) is 25.7 Å². The molecule has 2 aliphatic rings. The Hall–Kier alpha value is -1.14. The lowest BCUT2D eigenvalue weighted by Gasteiger charge is -2.34. The number of amides is 2. The lowest BCUT2D eigenvalue weighted by atomic mass is 9.96. The van der Waals surface area contributed by atoms with E-state index in [2.05, 4.69) is 0 Å². The van der Waals surface area contributed by atoms with Crippen molar-refractivity contribution in [2.24, 2.45) is 11.8 Å². The Bertz CT molecular complexity index is 384. The predicted molar refractivity (Wildman–Crippen MR) is 77.5 cm³/mol. The van der Waals surface area contributed by atoms with Crippen molar-refractivity contribution in [3.8, 4) is 0 Å². The van der Waals surface area contributed by atoms with Crippen LogP contribution in [-0.4, -0.2) is 73.2 Å². The van der Waals surface area contributed by atoms with Crippen molar-refractivity contribution in [3.05, 3.63) is 0 Å². The molecule has 21 heavy (non-hydrogen) atoms. The van der Waals surface area contributed by atoms with E-state index in [4.69, 9.17) is 4.74 Å². The first-order valence-electron chi connectivity index (χ1n) is 7.73. The SMILES string of the molecule is COCC(O)CN(C)C(=O)C1CCCN(C(=O)C2CC2)C1. The number of hydrogen-bond acceptors (Lipinski definition) is 4. The molecular weight excluding hydrogens is 272 g/mol. The van der Waals surface area contributed by atoms with E-state index >= 15 is 0 Å². The van der Waals surface area contributed by atoms with Gasteiger partial charge in [0.15, 0.2) is 0 Å². The molecule has 2 fully saturated rings. The number of carbonyl (C=O) groups excluding carboxylic acids is 2. The maximum Gasteiger partial charge on any atom is 0.227 e. The molecule has 0 aromatic carbocycles. The van der Waals surface area contributed by atoms with E-state index in [-0.39, 0.29) is 36.8 Å². The number of hydrogen-bond donors (Lipinski definition) is 1. The number of ether oxygens (including phenoxy) is 1. The summed E-state index contributed by atoms with van der Waals surface area (Å²) in [6.07, 6.45) is 3.02. The Morgan fingerprint density at radius 3 is 2.67 bits per heavy atom. The zero-order valence-corrected chi connectivity index (χ0v) is 13.0. The zero-order chi connectivity index (χ0) is 15.4. The molecule has 0 spiro atoms. The van der Waals surface area contributed by atoms with Gasteiger partial charge in [-0.3, -0.25) is 9.59 Å². The van der Waals surface area contributed by atoms with Crippen LogP contribution in [0.25, 0.3) is 0 Å². The molecule has 1 heterocycles. The summed E-state index contributed by atoms with van der Waals surface area (Å²) in [6, 6.07) is 0. The number of aliphatic hydroxyl groups is 1. The van der Waals surface area contributed by atoms with Crippen LogP contribution in [0.15, 0.2) is 0 Å². The van der Waals surface area contributed by atoms with Crippen molar-refractivity contribution in [1.29, 1.82) is 0 Å². The third kappa shape index (κ3) is 4.41. The highest BCUT2D eigenvalue weighted by Gasteiger charge is 2.37. The summed E-state index contributed by atoms with van der Waals surface area (Å²) in [5.41, 5.74) is 0. The highest BCUT2D eigenvalue weighted by Crippen LogP contribution is 2.32. The van der Waals surface area contributed by atoms with Crippen LogP contribution >= 0.6 is 0 Å². The molecule has 2 unspecified atom stereocenters. The largest absolute Gasteiger partial charge is 0.389 e. The number of piperidine rings is 1. The normalized spacial score (nSPS) is 23.8. The number of likely N-dealkylation sites (N-methyl/N-ethyl adjacent to an activating group) is 1. The zero-order valence-electron chi connectivity index (χ0n) is 13.0. The number of methoxy groups -OCH3 is 1. The minimum atomic E-state index is -0.670. The van der Waals surface area contributed by atoms with E-state index in [9.17, 15) is 14.7 Å². The first kappa shape index (κ1) is 16.2. The molecule has 0 bridgehead atoms. The van der Waals surface area contributed by atoms with Gasteiger partial charge >= 0.3 is 0 Å². The van der Waals surface area contributed by atoms with Gasteiger partial charge in [-0.25, -0.2) is 0 Å². The van der Waals surface area contributed by atoms with Crippen LogP contribution in [0.5, 0.6) is 0 Å². The fourth-order valence-electron chi connectivity index (χ4n) is 2.93. The second-order valence-electron chi connectivity index (χ2n) is 6.23. The second-order valence-corrected chi connectivity index (χ2v) is 6.23. The molecule has 1 saturated carbocycles. The molecule has 0 aromatic rings. The molecule has 6 nitrogen and oxygen atoms in total. The molecule has 1 aliphatic heterocycles. The molecule has 0 radical (unpaired) electrons. The van der Waals surface area contributed by atoms with Crippen molar-refractivity contribution in [1.82, 2.24) is 9.80 Å². The molecule has 0 aromatic heterocycles. The van der Waals surface area contributed by atoms with Gasteiger partial charge < -0.3 is 19.6 Å². The van der Waals surface area contributed by atoms with Gasteiger partial charge in [0.05, 0.1) is 18.6 Å². The second kappa shape index (κ2) is 7.22. The Labute approximate surface area is 126 Å². The molecule has 120 valence electrons. The van der Waals surface area contributed by atoms with Crippen molar-refractivity contribution >= 4 is 11.8 Å². The molecular formula is C15H26N2O4. The number of likely N-dealkylation sites (tertiary alicyclic amines) is 1. The topological polar surface area (TPSA) is 70.1 Å². The third-order valence-electron chi connectivity index (χ3n) is 4.23. The smallest absolute Gasteiger partial charge is 0.227 e. The van der Waals surface area contributed by atoms with Gasteiger partial charge in [0.25, 0.3) is 0 Å². The highest BCUT2D eigenvalue weighted by molar-refractivity contribution is 5.83. The van der Waals surface area contributed by atoms with Crippen molar-refractivity contribution in [2.45, 2.75) is 31.8 Å². The lowest BCUT2D eigenvalue weighted by molar-refractivity contribution is -0.141. The van der Waals surface area contributed by atoms with Gasteiger partial charge in [-0.2, -0.15) is 0 Å². The van der Waals surface area contributed by atoms with E-state index in [1.165, 1.54) is 7.11 Å². The molecule has 1 aliphatic carbocycles. The Morgan fingerprint density at radius 1 is 1.33 bits per heavy atom. The molecule has 2 atom stereocenters. The number of aliphatic hydroxyl groups excluding tert-OH is 1. The summed E-state index contributed by atoms with van der Waals surface area (Å²) in [7, 11) is 3.22. The summed E-state index contributed by atoms with van der Waals surface area (Å²) in [4.78, 5) is 27.9. The lowest BCUT2D eigenvalue weighted by Crippen LogP contribution is -2.47. The first-order valence-corrected chi connectivity index (χ1v) is 7.73. The van der Waals surface area contributed by atoms with Gasteiger partial charge in [-0.1, -0.05) is 0 Å². The highest BCUT2D eigenvalue weighted by atomic mass is 16.5. The van der Waals surface area contributed by atoms with E-state index in [0.29, 0.717) is 6.54 Å². The molecule has 1 N–H and O–H groups in total. The quantitative estimate of drug-likeness (QED) is 0.755. The van der Waals surface area contributed by atoms with Gasteiger partial charge in [0.2, 0.25) is 11.8 Å².